The van der Waals surface area contributed by atoms with Crippen LogP contribution in [0.3, 0.4) is 0 Å². The Kier molecular flexibility index (Phi) is 6.01. The Morgan fingerprint density at radius 3 is 2.48 bits per heavy atom. The van der Waals surface area contributed by atoms with E-state index in [1.54, 1.807) is 12.1 Å². The fourth-order valence-corrected chi connectivity index (χ4v) is 2.06. The first-order valence-electron chi connectivity index (χ1n) is 6.47. The molecule has 0 radical (unpaired) electrons. The lowest BCUT2D eigenvalue weighted by Gasteiger charge is -2.10. The van der Waals surface area contributed by atoms with Crippen LogP contribution >= 0.6 is 23.2 Å². The van der Waals surface area contributed by atoms with Crippen LogP contribution in [0.25, 0.3) is 0 Å². The number of amides is 1. The Morgan fingerprint density at radius 2 is 1.83 bits per heavy atom. The van der Waals surface area contributed by atoms with Crippen molar-refractivity contribution in [2.24, 2.45) is 0 Å². The number of hydrogen-bond acceptors (Lipinski definition) is 3. The number of benzene rings is 2. The molecule has 1 amide bonds. The maximum Gasteiger partial charge on any atom is 0.387 e. The Balaban J connectivity index is 1.88. The standard InChI is InChI=1S/C15H12Cl2F2N2O2/c16-9-1-6-12(17)13(7-9)21-14(22)8-20-10-2-4-11(5-3-10)23-15(18)19/h1-7,15,20H,8H2,(H,21,22). The van der Waals surface area contributed by atoms with E-state index in [0.717, 1.165) is 0 Å². The molecule has 2 aromatic carbocycles. The van der Waals surface area contributed by atoms with Gasteiger partial charge >= 0.3 is 6.61 Å². The number of rotatable bonds is 6. The largest absolute Gasteiger partial charge is 0.435 e. The van der Waals surface area contributed by atoms with Gasteiger partial charge < -0.3 is 15.4 Å². The highest BCUT2D eigenvalue weighted by Crippen LogP contribution is 2.25. The highest BCUT2D eigenvalue weighted by molar-refractivity contribution is 6.35. The third-order valence-electron chi connectivity index (χ3n) is 2.74. The minimum Gasteiger partial charge on any atom is -0.435 e. The molecule has 0 saturated carbocycles. The molecule has 0 unspecified atom stereocenters. The second-order valence-electron chi connectivity index (χ2n) is 4.43. The number of carbonyl (C=O) groups is 1. The molecule has 0 fully saturated rings. The highest BCUT2D eigenvalue weighted by atomic mass is 35.5. The van der Waals surface area contributed by atoms with Crippen molar-refractivity contribution >= 4 is 40.5 Å². The third kappa shape index (κ3) is 5.58. The molecule has 122 valence electrons. The molecular weight excluding hydrogens is 349 g/mol. The van der Waals surface area contributed by atoms with Crippen molar-refractivity contribution in [3.63, 3.8) is 0 Å². The van der Waals surface area contributed by atoms with Crippen molar-refractivity contribution in [1.29, 1.82) is 0 Å². The van der Waals surface area contributed by atoms with Gasteiger partial charge in [0.05, 0.1) is 17.3 Å². The van der Waals surface area contributed by atoms with E-state index in [-0.39, 0.29) is 18.2 Å². The highest BCUT2D eigenvalue weighted by Gasteiger charge is 2.07. The lowest BCUT2D eigenvalue weighted by molar-refractivity contribution is -0.114. The summed E-state index contributed by atoms with van der Waals surface area (Å²) in [6, 6.07) is 10.5. The lowest BCUT2D eigenvalue weighted by atomic mass is 10.3. The third-order valence-corrected chi connectivity index (χ3v) is 3.30. The second kappa shape index (κ2) is 7.99. The molecule has 8 heteroatoms. The fourth-order valence-electron chi connectivity index (χ4n) is 1.72. The van der Waals surface area contributed by atoms with Crippen LogP contribution in [0.1, 0.15) is 0 Å². The van der Waals surface area contributed by atoms with Crippen LogP contribution in [-0.2, 0) is 4.79 Å². The van der Waals surface area contributed by atoms with Crippen LogP contribution in [0, 0.1) is 0 Å². The molecule has 0 spiro atoms. The van der Waals surface area contributed by atoms with Gasteiger partial charge in [0.15, 0.2) is 0 Å². The average Bonchev–Trinajstić information content (AvgIpc) is 2.50. The van der Waals surface area contributed by atoms with Gasteiger partial charge in [-0.25, -0.2) is 0 Å². The van der Waals surface area contributed by atoms with Crippen LogP contribution in [0.15, 0.2) is 42.5 Å². The summed E-state index contributed by atoms with van der Waals surface area (Å²) in [4.78, 5) is 11.9. The maximum absolute atomic E-state index is 12.0. The van der Waals surface area contributed by atoms with Gasteiger partial charge in [-0.2, -0.15) is 8.78 Å². The van der Waals surface area contributed by atoms with Crippen LogP contribution in [0.5, 0.6) is 5.75 Å². The van der Waals surface area contributed by atoms with E-state index in [1.165, 1.54) is 30.3 Å². The molecule has 0 heterocycles. The molecule has 2 N–H and O–H groups in total. The summed E-state index contributed by atoms with van der Waals surface area (Å²) < 4.78 is 28.3. The number of hydrogen-bond donors (Lipinski definition) is 2. The SMILES string of the molecule is O=C(CNc1ccc(OC(F)F)cc1)Nc1cc(Cl)ccc1Cl. The monoisotopic (exact) mass is 360 g/mol. The number of carbonyl (C=O) groups excluding carboxylic acids is 1. The van der Waals surface area contributed by atoms with Gasteiger partial charge in [-0.05, 0) is 42.5 Å². The molecule has 23 heavy (non-hydrogen) atoms. The summed E-state index contributed by atoms with van der Waals surface area (Å²) in [5, 5.41) is 6.29. The summed E-state index contributed by atoms with van der Waals surface area (Å²) in [5.74, 6) is -0.289. The Bertz CT molecular complexity index is 682. The van der Waals surface area contributed by atoms with Gasteiger partial charge in [0, 0.05) is 10.7 Å². The minimum atomic E-state index is -2.87. The van der Waals surface area contributed by atoms with Crippen molar-refractivity contribution in [2.45, 2.75) is 6.61 Å². The Labute approximate surface area is 141 Å². The fraction of sp³-hybridized carbons (Fsp3) is 0.133. The van der Waals surface area contributed by atoms with E-state index in [0.29, 0.717) is 21.4 Å². The first kappa shape index (κ1) is 17.3. The zero-order chi connectivity index (χ0) is 16.8. The molecule has 0 aliphatic heterocycles. The molecule has 0 atom stereocenters. The molecule has 0 saturated heterocycles. The molecular formula is C15H12Cl2F2N2O2. The van der Waals surface area contributed by atoms with Crippen LogP contribution in [0.2, 0.25) is 10.0 Å². The smallest absolute Gasteiger partial charge is 0.387 e. The van der Waals surface area contributed by atoms with Crippen LogP contribution < -0.4 is 15.4 Å². The van der Waals surface area contributed by atoms with Crippen molar-refractivity contribution in [2.75, 3.05) is 17.2 Å². The Morgan fingerprint density at radius 1 is 1.13 bits per heavy atom. The van der Waals surface area contributed by atoms with Gasteiger partial charge in [0.2, 0.25) is 5.91 Å². The van der Waals surface area contributed by atoms with E-state index >= 15 is 0 Å². The van der Waals surface area contributed by atoms with Crippen molar-refractivity contribution in [3.05, 3.63) is 52.5 Å². The molecule has 0 bridgehead atoms. The van der Waals surface area contributed by atoms with Crippen LogP contribution in [-0.4, -0.2) is 19.1 Å². The summed E-state index contributed by atoms with van der Waals surface area (Å²) in [5.41, 5.74) is 0.991. The number of nitrogens with one attached hydrogen (secondary N) is 2. The van der Waals surface area contributed by atoms with Gasteiger partial charge in [-0.1, -0.05) is 23.2 Å². The molecule has 0 aromatic heterocycles. The van der Waals surface area contributed by atoms with Crippen molar-refractivity contribution in [1.82, 2.24) is 0 Å². The minimum absolute atomic E-state index is 0.0299. The Hall–Kier alpha value is -2.05. The van der Waals surface area contributed by atoms with E-state index in [2.05, 4.69) is 15.4 Å². The summed E-state index contributed by atoms with van der Waals surface area (Å²) in [7, 11) is 0. The summed E-state index contributed by atoms with van der Waals surface area (Å²) in [6.45, 7) is -2.90. The normalized spacial score (nSPS) is 10.5. The predicted molar refractivity (Wildman–Crippen MR) is 86.7 cm³/mol. The number of anilines is 2. The average molecular weight is 361 g/mol. The van der Waals surface area contributed by atoms with E-state index in [9.17, 15) is 13.6 Å². The lowest BCUT2D eigenvalue weighted by Crippen LogP contribution is -2.21. The van der Waals surface area contributed by atoms with Crippen LogP contribution in [0.4, 0.5) is 20.2 Å². The molecule has 0 aliphatic rings. The summed E-state index contributed by atoms with van der Waals surface area (Å²) >= 11 is 11.8. The number of alkyl halides is 2. The van der Waals surface area contributed by atoms with Crippen molar-refractivity contribution < 1.29 is 18.3 Å². The summed E-state index contributed by atoms with van der Waals surface area (Å²) in [6.07, 6.45) is 0. The number of halogens is 4. The van der Waals surface area contributed by atoms with Gasteiger partial charge in [0.25, 0.3) is 0 Å². The van der Waals surface area contributed by atoms with E-state index < -0.39 is 6.61 Å². The van der Waals surface area contributed by atoms with E-state index in [1.807, 2.05) is 0 Å². The second-order valence-corrected chi connectivity index (χ2v) is 5.27. The topological polar surface area (TPSA) is 50.4 Å². The molecule has 0 aliphatic carbocycles. The first-order valence-corrected chi connectivity index (χ1v) is 7.23. The first-order chi connectivity index (χ1) is 10.9. The quantitative estimate of drug-likeness (QED) is 0.788. The van der Waals surface area contributed by atoms with E-state index in [4.69, 9.17) is 23.2 Å². The van der Waals surface area contributed by atoms with Gasteiger partial charge in [0.1, 0.15) is 5.75 Å². The predicted octanol–water partition coefficient (Wildman–Crippen LogP) is 4.65. The number of ether oxygens (including phenoxy) is 1. The molecule has 4 nitrogen and oxygen atoms in total. The van der Waals surface area contributed by atoms with Crippen molar-refractivity contribution in [3.8, 4) is 5.75 Å². The molecule has 2 rings (SSSR count). The zero-order valence-corrected chi connectivity index (χ0v) is 13.2. The maximum atomic E-state index is 12.0. The molecule has 2 aromatic rings. The van der Waals surface area contributed by atoms with Gasteiger partial charge in [-0.3, -0.25) is 4.79 Å². The van der Waals surface area contributed by atoms with Gasteiger partial charge in [-0.15, -0.1) is 0 Å². The zero-order valence-electron chi connectivity index (χ0n) is 11.7.